The van der Waals surface area contributed by atoms with E-state index in [2.05, 4.69) is 17.6 Å². The van der Waals surface area contributed by atoms with Gasteiger partial charge in [-0.25, -0.2) is 0 Å². The van der Waals surface area contributed by atoms with Crippen LogP contribution in [0.4, 0.5) is 0 Å². The molecule has 18 heavy (non-hydrogen) atoms. The maximum Gasteiger partial charge on any atom is 0.223 e. The summed E-state index contributed by atoms with van der Waals surface area (Å²) in [6.07, 6.45) is 3.89. The van der Waals surface area contributed by atoms with Gasteiger partial charge in [0.15, 0.2) is 0 Å². The standard InChI is InChI=1S/C14H26N2O2/c1-10-4-3-5-14(18,6-10)9-16-13(17)11(2)12-7-15-8-12/h10-12,15,18H,3-9H2,1-2H3,(H,16,17). The van der Waals surface area contributed by atoms with Crippen molar-refractivity contribution >= 4 is 5.91 Å². The van der Waals surface area contributed by atoms with Gasteiger partial charge in [-0.2, -0.15) is 0 Å². The van der Waals surface area contributed by atoms with E-state index < -0.39 is 5.60 Å². The molecule has 3 atom stereocenters. The minimum atomic E-state index is -0.676. The second-order valence-electron chi connectivity index (χ2n) is 6.35. The number of hydrogen-bond acceptors (Lipinski definition) is 3. The summed E-state index contributed by atoms with van der Waals surface area (Å²) in [4.78, 5) is 12.0. The number of amides is 1. The lowest BCUT2D eigenvalue weighted by Gasteiger charge is -2.37. The number of aliphatic hydroxyl groups is 1. The molecule has 0 spiro atoms. The van der Waals surface area contributed by atoms with Crippen LogP contribution in [-0.4, -0.2) is 36.2 Å². The highest BCUT2D eigenvalue weighted by atomic mass is 16.3. The van der Waals surface area contributed by atoms with Gasteiger partial charge >= 0.3 is 0 Å². The first-order chi connectivity index (χ1) is 8.50. The van der Waals surface area contributed by atoms with Gasteiger partial charge in [-0.1, -0.05) is 26.7 Å². The van der Waals surface area contributed by atoms with Crippen LogP contribution in [-0.2, 0) is 4.79 Å². The third-order valence-corrected chi connectivity index (χ3v) is 4.59. The van der Waals surface area contributed by atoms with Crippen LogP contribution in [0.15, 0.2) is 0 Å². The second kappa shape index (κ2) is 5.57. The van der Waals surface area contributed by atoms with Crippen LogP contribution >= 0.6 is 0 Å². The summed E-state index contributed by atoms with van der Waals surface area (Å²) in [7, 11) is 0. The molecular formula is C14H26N2O2. The van der Waals surface area contributed by atoms with E-state index in [0.29, 0.717) is 18.4 Å². The van der Waals surface area contributed by atoms with Crippen molar-refractivity contribution in [2.45, 2.75) is 45.1 Å². The van der Waals surface area contributed by atoms with E-state index in [-0.39, 0.29) is 11.8 Å². The van der Waals surface area contributed by atoms with E-state index in [1.807, 2.05) is 6.92 Å². The lowest BCUT2D eigenvalue weighted by Crippen LogP contribution is -2.52. The Bertz CT molecular complexity index is 304. The fourth-order valence-corrected chi connectivity index (χ4v) is 3.08. The van der Waals surface area contributed by atoms with Gasteiger partial charge < -0.3 is 15.7 Å². The molecule has 1 saturated carbocycles. The fraction of sp³-hybridized carbons (Fsp3) is 0.929. The van der Waals surface area contributed by atoms with E-state index in [4.69, 9.17) is 0 Å². The molecule has 104 valence electrons. The minimum absolute atomic E-state index is 0.0517. The molecule has 2 rings (SSSR count). The van der Waals surface area contributed by atoms with Gasteiger partial charge in [-0.15, -0.1) is 0 Å². The average Bonchev–Trinajstić information content (AvgIpc) is 2.23. The van der Waals surface area contributed by atoms with E-state index in [1.54, 1.807) is 0 Å². The Kier molecular flexibility index (Phi) is 4.28. The van der Waals surface area contributed by atoms with Gasteiger partial charge in [0.05, 0.1) is 5.60 Å². The van der Waals surface area contributed by atoms with Crippen LogP contribution in [0.2, 0.25) is 0 Å². The van der Waals surface area contributed by atoms with Crippen molar-refractivity contribution in [3.63, 3.8) is 0 Å². The van der Waals surface area contributed by atoms with E-state index in [9.17, 15) is 9.90 Å². The third-order valence-electron chi connectivity index (χ3n) is 4.59. The summed E-state index contributed by atoms with van der Waals surface area (Å²) >= 11 is 0. The summed E-state index contributed by atoms with van der Waals surface area (Å²) in [5.74, 6) is 1.17. The summed E-state index contributed by atoms with van der Waals surface area (Å²) in [5.41, 5.74) is -0.676. The fourth-order valence-electron chi connectivity index (χ4n) is 3.08. The van der Waals surface area contributed by atoms with Crippen molar-refractivity contribution in [3.05, 3.63) is 0 Å². The van der Waals surface area contributed by atoms with Crippen molar-refractivity contribution in [2.75, 3.05) is 19.6 Å². The molecule has 0 aromatic heterocycles. The van der Waals surface area contributed by atoms with Crippen LogP contribution < -0.4 is 10.6 Å². The molecule has 4 heteroatoms. The molecule has 3 unspecified atom stereocenters. The predicted octanol–water partition coefficient (Wildman–Crippen LogP) is 0.899. The van der Waals surface area contributed by atoms with Crippen LogP contribution in [0.3, 0.4) is 0 Å². The van der Waals surface area contributed by atoms with Gasteiger partial charge in [0.25, 0.3) is 0 Å². The summed E-state index contributed by atoms with van der Waals surface area (Å²) in [5, 5.41) is 16.6. The van der Waals surface area contributed by atoms with Crippen molar-refractivity contribution < 1.29 is 9.90 Å². The molecule has 1 saturated heterocycles. The Morgan fingerprint density at radius 3 is 2.83 bits per heavy atom. The maximum atomic E-state index is 12.0. The van der Waals surface area contributed by atoms with Crippen LogP contribution in [0.5, 0.6) is 0 Å². The Labute approximate surface area is 110 Å². The highest BCUT2D eigenvalue weighted by Crippen LogP contribution is 2.31. The van der Waals surface area contributed by atoms with Gasteiger partial charge in [-0.05, 0) is 37.8 Å². The van der Waals surface area contributed by atoms with Crippen molar-refractivity contribution in [1.82, 2.24) is 10.6 Å². The number of hydrogen-bond donors (Lipinski definition) is 3. The maximum absolute atomic E-state index is 12.0. The molecule has 1 amide bonds. The third kappa shape index (κ3) is 3.23. The molecule has 0 radical (unpaired) electrons. The lowest BCUT2D eigenvalue weighted by molar-refractivity contribution is -0.128. The van der Waals surface area contributed by atoms with E-state index in [1.165, 1.54) is 6.42 Å². The van der Waals surface area contributed by atoms with Gasteiger partial charge in [0.2, 0.25) is 5.91 Å². The monoisotopic (exact) mass is 254 g/mol. The molecule has 2 aliphatic rings. The Morgan fingerprint density at radius 1 is 1.56 bits per heavy atom. The first-order valence-corrected chi connectivity index (χ1v) is 7.21. The van der Waals surface area contributed by atoms with Gasteiger partial charge in [0, 0.05) is 12.5 Å². The Hall–Kier alpha value is -0.610. The molecule has 3 N–H and O–H groups in total. The van der Waals surface area contributed by atoms with Crippen molar-refractivity contribution in [1.29, 1.82) is 0 Å². The second-order valence-corrected chi connectivity index (χ2v) is 6.35. The molecule has 2 fully saturated rings. The molecule has 1 aliphatic heterocycles. The Balaban J connectivity index is 1.77. The molecular weight excluding hydrogens is 228 g/mol. The van der Waals surface area contributed by atoms with Gasteiger partial charge in [-0.3, -0.25) is 4.79 Å². The normalized spacial score (nSPS) is 34.7. The smallest absolute Gasteiger partial charge is 0.223 e. The highest BCUT2D eigenvalue weighted by molar-refractivity contribution is 5.78. The summed E-state index contributed by atoms with van der Waals surface area (Å²) in [6, 6.07) is 0. The molecule has 0 bridgehead atoms. The molecule has 1 heterocycles. The first kappa shape index (κ1) is 13.8. The summed E-state index contributed by atoms with van der Waals surface area (Å²) in [6.45, 7) is 6.45. The highest BCUT2D eigenvalue weighted by Gasteiger charge is 2.34. The number of carbonyl (C=O) groups excluding carboxylic acids is 1. The summed E-state index contributed by atoms with van der Waals surface area (Å²) < 4.78 is 0. The number of nitrogens with one attached hydrogen (secondary N) is 2. The predicted molar refractivity (Wildman–Crippen MR) is 71.1 cm³/mol. The minimum Gasteiger partial charge on any atom is -0.388 e. The van der Waals surface area contributed by atoms with Crippen LogP contribution in [0.25, 0.3) is 0 Å². The topological polar surface area (TPSA) is 61.4 Å². The SMILES string of the molecule is CC1CCCC(O)(CNC(=O)C(C)C2CNC2)C1. The lowest BCUT2D eigenvalue weighted by atomic mass is 9.79. The van der Waals surface area contributed by atoms with E-state index in [0.717, 1.165) is 32.4 Å². The zero-order valence-corrected chi connectivity index (χ0v) is 11.5. The van der Waals surface area contributed by atoms with Crippen molar-refractivity contribution in [2.24, 2.45) is 17.8 Å². The zero-order chi connectivity index (χ0) is 13.2. The number of carbonyl (C=O) groups is 1. The van der Waals surface area contributed by atoms with Crippen molar-refractivity contribution in [3.8, 4) is 0 Å². The molecule has 0 aromatic carbocycles. The van der Waals surface area contributed by atoms with Crippen LogP contribution in [0, 0.1) is 17.8 Å². The van der Waals surface area contributed by atoms with Gasteiger partial charge in [0.1, 0.15) is 0 Å². The average molecular weight is 254 g/mol. The Morgan fingerprint density at radius 2 is 2.28 bits per heavy atom. The largest absolute Gasteiger partial charge is 0.388 e. The molecule has 4 nitrogen and oxygen atoms in total. The molecule has 0 aromatic rings. The van der Waals surface area contributed by atoms with E-state index >= 15 is 0 Å². The zero-order valence-electron chi connectivity index (χ0n) is 11.5. The first-order valence-electron chi connectivity index (χ1n) is 7.21. The molecule has 1 aliphatic carbocycles. The number of rotatable bonds is 4. The van der Waals surface area contributed by atoms with Crippen LogP contribution in [0.1, 0.15) is 39.5 Å². The quantitative estimate of drug-likeness (QED) is 0.698.